The first kappa shape index (κ1) is 49.8. The van der Waals surface area contributed by atoms with Gasteiger partial charge >= 0.3 is 0 Å². The molecule has 4 aromatic carbocycles. The number of benzene rings is 4. The summed E-state index contributed by atoms with van der Waals surface area (Å²) in [7, 11) is -4.79. The molecular weight excluding hydrogens is 781 g/mol. The first-order valence-corrected chi connectivity index (χ1v) is 33.4. The van der Waals surface area contributed by atoms with Crippen molar-refractivity contribution in [3.63, 3.8) is 0 Å². The van der Waals surface area contributed by atoms with Crippen molar-refractivity contribution in [3.05, 3.63) is 102 Å². The van der Waals surface area contributed by atoms with Crippen LogP contribution in [0, 0.1) is 13.8 Å². The molecule has 0 aliphatic rings. The van der Waals surface area contributed by atoms with Crippen LogP contribution in [0.15, 0.2) is 91.0 Å². The standard InChI is InChI=1S/C54H86NP2Si2/c1-10-17-38-55-57(54-31-27-25-29-47(54)9,48-32-34-49(35-33-48)58(39-18-11-2,40-19-12-3)41-20-13-4)56-53-37-36-50(45-52(53)51-30-26-24-28-46(51)8)59(42-21-14-5,43-22-15-6)44-23-16-7/h24-37,45,55-56H,10-23,38-44H2,1-9H3/q+1. The number of nitrogens with one attached hydrogen (secondary N) is 1. The highest BCUT2D eigenvalue weighted by Gasteiger charge is 2.46. The summed E-state index contributed by atoms with van der Waals surface area (Å²) in [6.45, 7) is 22.5. The molecule has 0 fully saturated rings. The molecule has 59 heavy (non-hydrogen) atoms. The van der Waals surface area contributed by atoms with Gasteiger partial charge in [0.25, 0.3) is 0 Å². The highest BCUT2D eigenvalue weighted by molar-refractivity contribution is 8.39. The summed E-state index contributed by atoms with van der Waals surface area (Å²) >= 11 is 0. The summed E-state index contributed by atoms with van der Waals surface area (Å²) in [5, 5.41) is 12.6. The molecule has 0 spiro atoms. The number of rotatable bonds is 29. The van der Waals surface area contributed by atoms with Crippen LogP contribution in [0.5, 0.6) is 0 Å². The fraction of sp³-hybridized carbons (Fsp3) is 0.556. The zero-order chi connectivity index (χ0) is 42.6. The molecule has 0 bridgehead atoms. The van der Waals surface area contributed by atoms with Crippen molar-refractivity contribution in [2.45, 2.75) is 188 Å². The van der Waals surface area contributed by atoms with Crippen LogP contribution in [0.2, 0.25) is 36.3 Å². The van der Waals surface area contributed by atoms with Crippen LogP contribution in [0.4, 0.5) is 0 Å². The maximum absolute atomic E-state index is 4.48. The first-order chi connectivity index (χ1) is 28.7. The van der Waals surface area contributed by atoms with Crippen molar-refractivity contribution in [2.24, 2.45) is 0 Å². The fourth-order valence-corrected chi connectivity index (χ4v) is 29.0. The lowest BCUT2D eigenvalue weighted by molar-refractivity contribution is 0.772. The van der Waals surface area contributed by atoms with E-state index in [4.69, 9.17) is 0 Å². The quantitative estimate of drug-likeness (QED) is 0.0326. The van der Waals surface area contributed by atoms with E-state index in [-0.39, 0.29) is 0 Å². The minimum absolute atomic E-state index is 0.643. The van der Waals surface area contributed by atoms with Crippen LogP contribution in [0.3, 0.4) is 0 Å². The molecule has 0 saturated carbocycles. The van der Waals surface area contributed by atoms with Gasteiger partial charge in [0.2, 0.25) is 0 Å². The second-order valence-corrected chi connectivity index (χ2v) is 33.5. The van der Waals surface area contributed by atoms with Gasteiger partial charge in [-0.15, -0.1) is 0 Å². The average Bonchev–Trinajstić information content (AvgIpc) is 3.26. The van der Waals surface area contributed by atoms with Crippen molar-refractivity contribution in [1.29, 1.82) is 0 Å². The Morgan fingerprint density at radius 1 is 0.458 bits per heavy atom. The van der Waals surface area contributed by atoms with Gasteiger partial charge in [-0.1, -0.05) is 251 Å². The van der Waals surface area contributed by atoms with Gasteiger partial charge in [-0.25, -0.2) is 0 Å². The van der Waals surface area contributed by atoms with Crippen molar-refractivity contribution < 1.29 is 0 Å². The number of aryl methyl sites for hydroxylation is 2. The van der Waals surface area contributed by atoms with Gasteiger partial charge in [-0.2, -0.15) is 5.09 Å². The van der Waals surface area contributed by atoms with E-state index in [0.29, 0.717) is 8.27 Å². The van der Waals surface area contributed by atoms with E-state index in [2.05, 4.69) is 158 Å². The summed E-state index contributed by atoms with van der Waals surface area (Å²) in [5.41, 5.74) is 5.77. The van der Waals surface area contributed by atoms with Gasteiger partial charge < -0.3 is 0 Å². The fourth-order valence-electron chi connectivity index (χ4n) is 9.84. The molecule has 0 aromatic heterocycles. The van der Waals surface area contributed by atoms with E-state index in [1.807, 2.05) is 0 Å². The Morgan fingerprint density at radius 2 is 0.898 bits per heavy atom. The predicted octanol–water partition coefficient (Wildman–Crippen LogP) is 15.3. The normalized spacial score (nSPS) is 13.4. The Balaban J connectivity index is 2.02. The maximum atomic E-state index is 4.48. The summed E-state index contributed by atoms with van der Waals surface area (Å²) in [4.78, 5) is 0. The van der Waals surface area contributed by atoms with E-state index < -0.39 is 23.2 Å². The summed E-state index contributed by atoms with van der Waals surface area (Å²) < 4.78 is 0. The Kier molecular flexibility index (Phi) is 21.9. The Morgan fingerprint density at radius 3 is 1.37 bits per heavy atom. The zero-order valence-corrected chi connectivity index (χ0v) is 43.4. The average molecular weight is 867 g/mol. The summed E-state index contributed by atoms with van der Waals surface area (Å²) in [6, 6.07) is 46.1. The molecule has 4 aromatic rings. The number of unbranched alkanes of at least 4 members (excludes halogenated alkanes) is 7. The minimum atomic E-state index is -2.09. The van der Waals surface area contributed by atoms with Crippen molar-refractivity contribution in [3.8, 4) is 11.1 Å². The first-order valence-electron chi connectivity index (χ1n) is 24.5. The predicted molar refractivity (Wildman–Crippen MR) is 280 cm³/mol. The number of hydrogen-bond donors (Lipinski definition) is 1. The van der Waals surface area contributed by atoms with Gasteiger partial charge in [0.15, 0.2) is 7.10 Å². The SMILES string of the molecule is CCCCN[P+](Pc1ccc([Si](CCCC)(CCCC)CCCC)cc1-c1ccccc1C)(c1ccc([Si](CCCC)(CCCC)CCCC)cc1)c1ccccc1C. The van der Waals surface area contributed by atoms with Gasteiger partial charge in [0.05, 0.1) is 16.1 Å². The lowest BCUT2D eigenvalue weighted by Crippen LogP contribution is -2.48. The maximum Gasteiger partial charge on any atom is 0.165 e. The Labute approximate surface area is 369 Å². The molecule has 0 aliphatic carbocycles. The lowest BCUT2D eigenvalue weighted by atomic mass is 10.0. The van der Waals surface area contributed by atoms with E-state index >= 15 is 0 Å². The molecule has 1 N–H and O–H groups in total. The van der Waals surface area contributed by atoms with Crippen LogP contribution in [-0.2, 0) is 0 Å². The third-order valence-corrected chi connectivity index (χ3v) is 32.3. The van der Waals surface area contributed by atoms with Crippen LogP contribution >= 0.6 is 15.4 Å². The zero-order valence-electron chi connectivity index (χ0n) is 39.5. The van der Waals surface area contributed by atoms with Crippen molar-refractivity contribution in [2.75, 3.05) is 6.54 Å². The molecule has 2 unspecified atom stereocenters. The molecule has 0 aliphatic heterocycles. The Hall–Kier alpha value is -1.87. The van der Waals surface area contributed by atoms with Gasteiger partial charge in [-0.3, -0.25) is 0 Å². The number of hydrogen-bond acceptors (Lipinski definition) is 1. The molecule has 1 nitrogen and oxygen atoms in total. The van der Waals surface area contributed by atoms with Gasteiger partial charge in [-0.05, 0) is 60.7 Å². The third-order valence-electron chi connectivity index (χ3n) is 13.6. The van der Waals surface area contributed by atoms with Crippen LogP contribution in [0.25, 0.3) is 11.1 Å². The second kappa shape index (κ2) is 25.9. The molecule has 2 atom stereocenters. The smallest absolute Gasteiger partial charge is 0.165 e. The van der Waals surface area contributed by atoms with Crippen molar-refractivity contribution in [1.82, 2.24) is 5.09 Å². The van der Waals surface area contributed by atoms with E-state index in [1.54, 1.807) is 26.3 Å². The van der Waals surface area contributed by atoms with Crippen LogP contribution < -0.4 is 31.4 Å². The molecule has 5 heteroatoms. The molecule has 0 amide bonds. The minimum Gasteiger partial charge on any atom is -0.181 e. The van der Waals surface area contributed by atoms with Gasteiger partial charge in [0.1, 0.15) is 18.9 Å². The molecule has 4 rings (SSSR count). The largest absolute Gasteiger partial charge is 0.181 e. The van der Waals surface area contributed by atoms with Crippen LogP contribution in [-0.4, -0.2) is 22.7 Å². The highest BCUT2D eigenvalue weighted by atomic mass is 32.1. The van der Waals surface area contributed by atoms with Crippen LogP contribution in [0.1, 0.15) is 149 Å². The second-order valence-electron chi connectivity index (χ2n) is 18.1. The summed E-state index contributed by atoms with van der Waals surface area (Å²) in [5.74, 6) is 0. The van der Waals surface area contributed by atoms with Crippen molar-refractivity contribution >= 4 is 57.8 Å². The molecule has 0 heterocycles. The summed E-state index contributed by atoms with van der Waals surface area (Å²) in [6.07, 6.45) is 18.4. The topological polar surface area (TPSA) is 12.0 Å². The third kappa shape index (κ3) is 13.1. The lowest BCUT2D eigenvalue weighted by Gasteiger charge is -2.35. The van der Waals surface area contributed by atoms with Gasteiger partial charge in [0, 0.05) is 11.8 Å². The molecule has 324 valence electrons. The van der Waals surface area contributed by atoms with E-state index in [9.17, 15) is 0 Å². The molecular formula is C54H86NP2Si2+. The Bertz CT molecular complexity index is 1740. The highest BCUT2D eigenvalue weighted by Crippen LogP contribution is 2.69. The molecule has 0 saturated heterocycles. The monoisotopic (exact) mass is 867 g/mol. The van der Waals surface area contributed by atoms with E-state index in [1.165, 1.54) is 148 Å². The molecule has 0 radical (unpaired) electrons. The van der Waals surface area contributed by atoms with E-state index in [0.717, 1.165) is 6.54 Å².